The fraction of sp³-hybridized carbons (Fsp3) is 0. The number of nitrogens with one attached hydrogen (secondary N) is 1. The SMILES string of the molecule is O=C1NC(=O)/C(=C\c2cccn2-c2ccc(C(=O)O)cc2)S1. The van der Waals surface area contributed by atoms with Gasteiger partial charge < -0.3 is 9.67 Å². The molecule has 0 aliphatic carbocycles. The quantitative estimate of drug-likeness (QED) is 0.850. The Bertz CT molecular complexity index is 805. The number of rotatable bonds is 3. The number of carboxylic acids is 1. The van der Waals surface area contributed by atoms with Crippen molar-refractivity contribution in [2.75, 3.05) is 0 Å². The number of carboxylic acid groups (broad SMARTS) is 1. The van der Waals surface area contributed by atoms with Crippen LogP contribution in [0.25, 0.3) is 11.8 Å². The van der Waals surface area contributed by atoms with Gasteiger partial charge in [-0.2, -0.15) is 0 Å². The molecule has 2 N–H and O–H groups in total. The minimum absolute atomic E-state index is 0.201. The molecule has 0 atom stereocenters. The first-order chi connectivity index (χ1) is 10.5. The van der Waals surface area contributed by atoms with E-state index in [-0.39, 0.29) is 10.8 Å². The number of nitrogens with zero attached hydrogens (tertiary/aromatic N) is 1. The number of carbonyl (C=O) groups is 3. The first-order valence-electron chi connectivity index (χ1n) is 6.30. The molecule has 1 aliphatic heterocycles. The molecule has 2 aromatic rings. The van der Waals surface area contributed by atoms with Gasteiger partial charge in [-0.05, 0) is 54.2 Å². The normalized spacial score (nSPS) is 16.1. The minimum atomic E-state index is -0.987. The van der Waals surface area contributed by atoms with Crippen molar-refractivity contribution in [1.82, 2.24) is 9.88 Å². The highest BCUT2D eigenvalue weighted by atomic mass is 32.2. The van der Waals surface area contributed by atoms with E-state index in [9.17, 15) is 14.4 Å². The molecule has 0 saturated carbocycles. The Morgan fingerprint density at radius 3 is 2.50 bits per heavy atom. The Kier molecular flexibility index (Phi) is 3.56. The number of thioether (sulfide) groups is 1. The number of imide groups is 1. The van der Waals surface area contributed by atoms with Crippen LogP contribution >= 0.6 is 11.8 Å². The standard InChI is InChI=1S/C15H10N2O4S/c18-13-12(22-15(21)16-13)8-11-2-1-7-17(11)10-5-3-9(4-6-10)14(19)20/h1-8H,(H,19,20)(H,16,18,21)/b12-8+. The number of aromatic carboxylic acids is 1. The summed E-state index contributed by atoms with van der Waals surface area (Å²) in [4.78, 5) is 34.0. The molecule has 0 radical (unpaired) electrons. The zero-order valence-corrected chi connectivity index (χ0v) is 12.0. The molecule has 2 amide bonds. The third-order valence-corrected chi connectivity index (χ3v) is 3.90. The van der Waals surface area contributed by atoms with E-state index in [4.69, 9.17) is 5.11 Å². The molecule has 1 aromatic carbocycles. The summed E-state index contributed by atoms with van der Waals surface area (Å²) in [5.41, 5.74) is 1.68. The number of carbonyl (C=O) groups excluding carboxylic acids is 2. The summed E-state index contributed by atoms with van der Waals surface area (Å²) in [6.07, 6.45) is 3.41. The summed E-state index contributed by atoms with van der Waals surface area (Å²) in [6, 6.07) is 9.98. The Morgan fingerprint density at radius 2 is 1.91 bits per heavy atom. The van der Waals surface area contributed by atoms with Crippen molar-refractivity contribution in [1.29, 1.82) is 0 Å². The van der Waals surface area contributed by atoms with Gasteiger partial charge in [0.05, 0.1) is 10.5 Å². The zero-order valence-electron chi connectivity index (χ0n) is 11.1. The number of aromatic nitrogens is 1. The van der Waals surface area contributed by atoms with E-state index in [2.05, 4.69) is 5.32 Å². The Balaban J connectivity index is 1.95. The molecule has 22 heavy (non-hydrogen) atoms. The summed E-state index contributed by atoms with van der Waals surface area (Å²) >= 11 is 0.853. The van der Waals surface area contributed by atoms with Crippen LogP contribution in [-0.4, -0.2) is 26.8 Å². The molecule has 0 spiro atoms. The lowest BCUT2D eigenvalue weighted by molar-refractivity contribution is -0.115. The third-order valence-electron chi connectivity index (χ3n) is 3.09. The van der Waals surface area contributed by atoms with Gasteiger partial charge in [0.1, 0.15) is 0 Å². The van der Waals surface area contributed by atoms with Gasteiger partial charge in [0, 0.05) is 17.6 Å². The predicted octanol–water partition coefficient (Wildman–Crippen LogP) is 2.50. The average Bonchev–Trinajstić information content (AvgIpc) is 3.06. The fourth-order valence-corrected chi connectivity index (χ4v) is 2.73. The summed E-state index contributed by atoms with van der Waals surface area (Å²) in [5.74, 6) is -1.40. The molecular weight excluding hydrogens is 304 g/mol. The molecule has 6 nitrogen and oxygen atoms in total. The highest BCUT2D eigenvalue weighted by Crippen LogP contribution is 2.26. The minimum Gasteiger partial charge on any atom is -0.478 e. The van der Waals surface area contributed by atoms with Crippen molar-refractivity contribution in [3.8, 4) is 5.69 Å². The lowest BCUT2D eigenvalue weighted by Crippen LogP contribution is -2.17. The first-order valence-corrected chi connectivity index (χ1v) is 7.12. The summed E-state index contributed by atoms with van der Waals surface area (Å²) in [5, 5.41) is 10.7. The second-order valence-electron chi connectivity index (χ2n) is 4.51. The van der Waals surface area contributed by atoms with Crippen LogP contribution in [0.2, 0.25) is 0 Å². The van der Waals surface area contributed by atoms with E-state index < -0.39 is 11.9 Å². The third kappa shape index (κ3) is 2.66. The van der Waals surface area contributed by atoms with Gasteiger partial charge in [0.15, 0.2) is 0 Å². The van der Waals surface area contributed by atoms with Gasteiger partial charge in [-0.3, -0.25) is 14.9 Å². The molecule has 0 unspecified atom stereocenters. The highest BCUT2D eigenvalue weighted by molar-refractivity contribution is 8.18. The summed E-state index contributed by atoms with van der Waals surface area (Å²) < 4.78 is 1.80. The van der Waals surface area contributed by atoms with Crippen LogP contribution in [0.1, 0.15) is 16.1 Å². The van der Waals surface area contributed by atoms with Gasteiger partial charge in [-0.1, -0.05) is 0 Å². The van der Waals surface area contributed by atoms with Gasteiger partial charge >= 0.3 is 5.97 Å². The van der Waals surface area contributed by atoms with Crippen LogP contribution in [0.4, 0.5) is 4.79 Å². The number of amides is 2. The lowest BCUT2D eigenvalue weighted by atomic mass is 10.2. The fourth-order valence-electron chi connectivity index (χ4n) is 2.07. The van der Waals surface area contributed by atoms with Crippen molar-refractivity contribution in [2.24, 2.45) is 0 Å². The van der Waals surface area contributed by atoms with Crippen LogP contribution in [0.3, 0.4) is 0 Å². The number of benzene rings is 1. The smallest absolute Gasteiger partial charge is 0.335 e. The summed E-state index contributed by atoms with van der Waals surface area (Å²) in [7, 11) is 0. The van der Waals surface area contributed by atoms with E-state index in [0.29, 0.717) is 4.91 Å². The van der Waals surface area contributed by atoms with Crippen molar-refractivity contribution >= 4 is 35.0 Å². The average molecular weight is 314 g/mol. The van der Waals surface area contributed by atoms with Crippen LogP contribution in [0.5, 0.6) is 0 Å². The second-order valence-corrected chi connectivity index (χ2v) is 5.52. The molecule has 1 fully saturated rings. The van der Waals surface area contributed by atoms with Gasteiger partial charge in [0.25, 0.3) is 11.1 Å². The Hall–Kier alpha value is -2.80. The molecule has 1 aromatic heterocycles. The maximum atomic E-state index is 11.6. The second kappa shape index (κ2) is 5.53. The van der Waals surface area contributed by atoms with Crippen LogP contribution in [0.15, 0.2) is 47.5 Å². The van der Waals surface area contributed by atoms with Gasteiger partial charge in [0.2, 0.25) is 0 Å². The molecule has 3 rings (SSSR count). The van der Waals surface area contributed by atoms with Gasteiger partial charge in [-0.15, -0.1) is 0 Å². The maximum Gasteiger partial charge on any atom is 0.335 e. The topological polar surface area (TPSA) is 88.4 Å². The van der Waals surface area contributed by atoms with Crippen molar-refractivity contribution in [3.63, 3.8) is 0 Å². The first kappa shape index (κ1) is 14.2. The molecule has 1 saturated heterocycles. The molecule has 7 heteroatoms. The van der Waals surface area contributed by atoms with E-state index in [1.165, 1.54) is 12.1 Å². The lowest BCUT2D eigenvalue weighted by Gasteiger charge is -2.07. The van der Waals surface area contributed by atoms with Crippen molar-refractivity contribution in [2.45, 2.75) is 0 Å². The van der Waals surface area contributed by atoms with E-state index in [1.54, 1.807) is 41.1 Å². The van der Waals surface area contributed by atoms with Crippen molar-refractivity contribution in [3.05, 3.63) is 58.8 Å². The molecule has 2 heterocycles. The van der Waals surface area contributed by atoms with Crippen molar-refractivity contribution < 1.29 is 19.5 Å². The van der Waals surface area contributed by atoms with Crippen LogP contribution in [0, 0.1) is 0 Å². The number of hydrogen-bond donors (Lipinski definition) is 2. The molecule has 1 aliphatic rings. The predicted molar refractivity (Wildman–Crippen MR) is 81.8 cm³/mol. The monoisotopic (exact) mass is 314 g/mol. The molecule has 0 bridgehead atoms. The van der Waals surface area contributed by atoms with Crippen LogP contribution in [-0.2, 0) is 4.79 Å². The number of hydrogen-bond acceptors (Lipinski definition) is 4. The maximum absolute atomic E-state index is 11.6. The van der Waals surface area contributed by atoms with E-state index >= 15 is 0 Å². The molecular formula is C15H10N2O4S. The molecule has 110 valence electrons. The Morgan fingerprint density at radius 1 is 1.18 bits per heavy atom. The Labute approximate surface area is 129 Å². The zero-order chi connectivity index (χ0) is 15.7. The van der Waals surface area contributed by atoms with Gasteiger partial charge in [-0.25, -0.2) is 4.79 Å². The van der Waals surface area contributed by atoms with E-state index in [1.807, 2.05) is 0 Å². The largest absolute Gasteiger partial charge is 0.478 e. The summed E-state index contributed by atoms with van der Waals surface area (Å²) in [6.45, 7) is 0. The highest BCUT2D eigenvalue weighted by Gasteiger charge is 2.25. The van der Waals surface area contributed by atoms with E-state index in [0.717, 1.165) is 23.1 Å². The van der Waals surface area contributed by atoms with Crippen LogP contribution < -0.4 is 5.32 Å².